The van der Waals surface area contributed by atoms with E-state index in [4.69, 9.17) is 0 Å². The molecule has 0 saturated carbocycles. The largest absolute Gasteiger partial charge is 0.328 e. The molecular weight excluding hydrogens is 436 g/mol. The Morgan fingerprint density at radius 1 is 1.00 bits per heavy atom. The molecule has 172 valence electrons. The van der Waals surface area contributed by atoms with Crippen LogP contribution in [0, 0.1) is 17.0 Å². The van der Waals surface area contributed by atoms with Crippen LogP contribution in [0.25, 0.3) is 0 Å². The van der Waals surface area contributed by atoms with Crippen molar-refractivity contribution in [1.82, 2.24) is 9.80 Å². The molecule has 0 bridgehead atoms. The Kier molecular flexibility index (Phi) is 6.35. The molecule has 1 N–H and O–H groups in total. The lowest BCUT2D eigenvalue weighted by Crippen LogP contribution is -2.39. The summed E-state index contributed by atoms with van der Waals surface area (Å²) in [6.07, 6.45) is 0. The second-order valence-corrected chi connectivity index (χ2v) is 7.96. The molecule has 3 aromatic carbocycles. The van der Waals surface area contributed by atoms with Crippen LogP contribution in [0.1, 0.15) is 22.7 Å². The summed E-state index contributed by atoms with van der Waals surface area (Å²) < 4.78 is 0. The van der Waals surface area contributed by atoms with E-state index in [2.05, 4.69) is 5.32 Å². The SMILES string of the molecule is Cc1ccc(NC(=O)CN2C(=O)C(c3ccccc3)N(Cc3ccccc3)C2=O)c([N+](=O)[O-])c1. The number of nitrogens with one attached hydrogen (secondary N) is 1. The van der Waals surface area contributed by atoms with Crippen molar-refractivity contribution < 1.29 is 19.3 Å². The van der Waals surface area contributed by atoms with Gasteiger partial charge in [0.1, 0.15) is 18.3 Å². The third-order valence-electron chi connectivity index (χ3n) is 5.53. The van der Waals surface area contributed by atoms with Gasteiger partial charge in [-0.2, -0.15) is 0 Å². The first-order valence-corrected chi connectivity index (χ1v) is 10.6. The molecule has 1 aliphatic heterocycles. The number of nitro benzene ring substituents is 1. The lowest BCUT2D eigenvalue weighted by atomic mass is 10.1. The Labute approximate surface area is 195 Å². The summed E-state index contributed by atoms with van der Waals surface area (Å²) in [7, 11) is 0. The molecular formula is C25H22N4O5. The number of benzene rings is 3. The van der Waals surface area contributed by atoms with Gasteiger partial charge in [0, 0.05) is 12.6 Å². The molecule has 1 unspecified atom stereocenters. The van der Waals surface area contributed by atoms with E-state index >= 15 is 0 Å². The van der Waals surface area contributed by atoms with Crippen molar-refractivity contribution in [1.29, 1.82) is 0 Å². The first-order valence-electron chi connectivity index (χ1n) is 10.6. The highest BCUT2D eigenvalue weighted by Gasteiger charge is 2.46. The number of aryl methyl sites for hydroxylation is 1. The molecule has 1 fully saturated rings. The molecule has 1 aliphatic rings. The van der Waals surface area contributed by atoms with Gasteiger partial charge in [-0.1, -0.05) is 66.7 Å². The van der Waals surface area contributed by atoms with Crippen molar-refractivity contribution in [3.63, 3.8) is 0 Å². The molecule has 0 aromatic heterocycles. The average Bonchev–Trinajstić information content (AvgIpc) is 3.05. The molecule has 0 spiro atoms. The number of nitrogens with zero attached hydrogens (tertiary/aromatic N) is 3. The van der Waals surface area contributed by atoms with Gasteiger partial charge in [0.05, 0.1) is 4.92 Å². The minimum absolute atomic E-state index is 0.000413. The Balaban J connectivity index is 1.58. The van der Waals surface area contributed by atoms with E-state index in [1.165, 1.54) is 17.0 Å². The molecule has 4 rings (SSSR count). The van der Waals surface area contributed by atoms with Gasteiger partial charge in [0.2, 0.25) is 5.91 Å². The summed E-state index contributed by atoms with van der Waals surface area (Å²) in [6, 6.07) is 21.0. The molecule has 3 aromatic rings. The molecule has 9 heteroatoms. The van der Waals surface area contributed by atoms with E-state index in [0.717, 1.165) is 10.5 Å². The zero-order valence-corrected chi connectivity index (χ0v) is 18.4. The fourth-order valence-corrected chi connectivity index (χ4v) is 3.91. The summed E-state index contributed by atoms with van der Waals surface area (Å²) in [5, 5.41) is 13.8. The highest BCUT2D eigenvalue weighted by Crippen LogP contribution is 2.32. The predicted molar refractivity (Wildman–Crippen MR) is 125 cm³/mol. The Morgan fingerprint density at radius 3 is 2.29 bits per heavy atom. The third-order valence-corrected chi connectivity index (χ3v) is 5.53. The Bertz CT molecular complexity index is 1250. The molecule has 1 heterocycles. The van der Waals surface area contributed by atoms with Gasteiger partial charge in [0.25, 0.3) is 11.6 Å². The van der Waals surface area contributed by atoms with Crippen LogP contribution in [0.5, 0.6) is 0 Å². The Morgan fingerprint density at radius 2 is 1.65 bits per heavy atom. The van der Waals surface area contributed by atoms with E-state index in [1.54, 1.807) is 37.3 Å². The van der Waals surface area contributed by atoms with Crippen LogP contribution in [0.15, 0.2) is 78.9 Å². The maximum Gasteiger partial charge on any atom is 0.328 e. The van der Waals surface area contributed by atoms with Crippen molar-refractivity contribution in [3.8, 4) is 0 Å². The first-order chi connectivity index (χ1) is 16.3. The molecule has 4 amide bonds. The fraction of sp³-hybridized carbons (Fsp3) is 0.160. The van der Waals surface area contributed by atoms with Crippen molar-refractivity contribution in [2.45, 2.75) is 19.5 Å². The number of amides is 4. The van der Waals surface area contributed by atoms with Gasteiger partial charge in [0.15, 0.2) is 0 Å². The minimum atomic E-state index is -0.879. The highest BCUT2D eigenvalue weighted by atomic mass is 16.6. The van der Waals surface area contributed by atoms with Crippen LogP contribution in [0.2, 0.25) is 0 Å². The van der Waals surface area contributed by atoms with Gasteiger partial charge in [-0.15, -0.1) is 0 Å². The van der Waals surface area contributed by atoms with E-state index in [1.807, 2.05) is 36.4 Å². The zero-order chi connectivity index (χ0) is 24.2. The summed E-state index contributed by atoms with van der Waals surface area (Å²) in [4.78, 5) is 52.3. The average molecular weight is 458 g/mol. The molecule has 1 saturated heterocycles. The van der Waals surface area contributed by atoms with Crippen LogP contribution in [0.3, 0.4) is 0 Å². The monoisotopic (exact) mass is 458 g/mol. The maximum absolute atomic E-state index is 13.3. The number of nitro groups is 1. The lowest BCUT2D eigenvalue weighted by Gasteiger charge is -2.22. The molecule has 0 aliphatic carbocycles. The first kappa shape index (κ1) is 22.7. The molecule has 9 nitrogen and oxygen atoms in total. The summed E-state index contributed by atoms with van der Waals surface area (Å²) in [5.41, 5.74) is 1.87. The number of hydrogen-bond donors (Lipinski definition) is 1. The van der Waals surface area contributed by atoms with Crippen LogP contribution in [-0.4, -0.2) is 39.1 Å². The second-order valence-electron chi connectivity index (χ2n) is 7.96. The second kappa shape index (κ2) is 9.53. The summed E-state index contributed by atoms with van der Waals surface area (Å²) in [6.45, 7) is 1.33. The van der Waals surface area contributed by atoms with Gasteiger partial charge < -0.3 is 10.2 Å². The van der Waals surface area contributed by atoms with Crippen molar-refractivity contribution in [3.05, 3.63) is 106 Å². The van der Waals surface area contributed by atoms with Gasteiger partial charge in [-0.3, -0.25) is 24.6 Å². The highest BCUT2D eigenvalue weighted by molar-refractivity contribution is 6.08. The van der Waals surface area contributed by atoms with Crippen molar-refractivity contribution in [2.24, 2.45) is 0 Å². The van der Waals surface area contributed by atoms with Crippen LogP contribution < -0.4 is 5.32 Å². The predicted octanol–water partition coefficient (Wildman–Crippen LogP) is 4.05. The van der Waals surface area contributed by atoms with Crippen LogP contribution >= 0.6 is 0 Å². The smallest absolute Gasteiger partial charge is 0.319 e. The normalized spacial score (nSPS) is 15.5. The third kappa shape index (κ3) is 4.63. The number of carbonyl (C=O) groups excluding carboxylic acids is 3. The van der Waals surface area contributed by atoms with E-state index in [-0.39, 0.29) is 17.9 Å². The zero-order valence-electron chi connectivity index (χ0n) is 18.4. The topological polar surface area (TPSA) is 113 Å². The number of carbonyl (C=O) groups is 3. The van der Waals surface area contributed by atoms with E-state index in [0.29, 0.717) is 11.1 Å². The van der Waals surface area contributed by atoms with E-state index < -0.39 is 35.4 Å². The number of hydrogen-bond acceptors (Lipinski definition) is 5. The summed E-state index contributed by atoms with van der Waals surface area (Å²) >= 11 is 0. The molecule has 34 heavy (non-hydrogen) atoms. The van der Waals surface area contributed by atoms with Gasteiger partial charge >= 0.3 is 6.03 Å². The molecule has 0 radical (unpaired) electrons. The van der Waals surface area contributed by atoms with Crippen LogP contribution in [0.4, 0.5) is 16.2 Å². The van der Waals surface area contributed by atoms with Crippen LogP contribution in [-0.2, 0) is 16.1 Å². The Hall–Kier alpha value is -4.53. The maximum atomic E-state index is 13.3. The minimum Gasteiger partial charge on any atom is -0.319 e. The van der Waals surface area contributed by atoms with Crippen molar-refractivity contribution in [2.75, 3.05) is 11.9 Å². The fourth-order valence-electron chi connectivity index (χ4n) is 3.91. The lowest BCUT2D eigenvalue weighted by molar-refractivity contribution is -0.384. The quantitative estimate of drug-likeness (QED) is 0.326. The molecule has 1 atom stereocenters. The van der Waals surface area contributed by atoms with Gasteiger partial charge in [-0.05, 0) is 29.7 Å². The number of anilines is 1. The number of imide groups is 1. The summed E-state index contributed by atoms with van der Waals surface area (Å²) in [5.74, 6) is -1.23. The number of rotatable bonds is 7. The van der Waals surface area contributed by atoms with Crippen molar-refractivity contribution >= 4 is 29.2 Å². The van der Waals surface area contributed by atoms with E-state index in [9.17, 15) is 24.5 Å². The van der Waals surface area contributed by atoms with Gasteiger partial charge in [-0.25, -0.2) is 4.79 Å². The number of urea groups is 1. The standard InChI is InChI=1S/C25H22N4O5/c1-17-12-13-20(21(14-17)29(33)34)26-22(30)16-28-24(31)23(19-10-6-3-7-11-19)27(25(28)32)15-18-8-4-2-5-9-18/h2-14,23H,15-16H2,1H3,(H,26,30).